The van der Waals surface area contributed by atoms with Crippen molar-refractivity contribution in [1.29, 1.82) is 0 Å². The number of likely N-dealkylation sites (tertiary alicyclic amines) is 1. The highest BCUT2D eigenvalue weighted by atomic mass is 32.1. The number of thiophene rings is 1. The normalized spacial score (nSPS) is 18.3. The van der Waals surface area contributed by atoms with Crippen LogP contribution in [0.4, 0.5) is 19.9 Å². The van der Waals surface area contributed by atoms with Crippen molar-refractivity contribution in [3.63, 3.8) is 0 Å². The Balaban J connectivity index is 1.31. The summed E-state index contributed by atoms with van der Waals surface area (Å²) < 4.78 is 26.0. The fraction of sp³-hybridized carbons (Fsp3) is 0.409. The Morgan fingerprint density at radius 2 is 2.06 bits per heavy atom. The van der Waals surface area contributed by atoms with Crippen LogP contribution in [-0.4, -0.2) is 64.3 Å². The topological polar surface area (TPSA) is 97.2 Å². The number of hydrogen-bond donors (Lipinski definition) is 1. The predicted octanol–water partition coefficient (Wildman–Crippen LogP) is 4.28. The fourth-order valence-corrected chi connectivity index (χ4v) is 5.15. The van der Waals surface area contributed by atoms with Crippen LogP contribution in [0.1, 0.15) is 24.6 Å². The molecule has 4 rings (SSSR count). The van der Waals surface area contributed by atoms with Gasteiger partial charge in [-0.2, -0.15) is 0 Å². The lowest BCUT2D eigenvalue weighted by atomic mass is 10.1. The van der Waals surface area contributed by atoms with Gasteiger partial charge in [-0.3, -0.25) is 15.0 Å². The average molecular weight is 539 g/mol. The number of carbonyl (C=O) groups is 1. The molecular weight excluding hydrogens is 515 g/mol. The first-order chi connectivity index (χ1) is 16.7. The molecule has 2 aliphatic heterocycles. The Bertz CT molecular complexity index is 1150. The third-order valence-electron chi connectivity index (χ3n) is 5.69. The monoisotopic (exact) mass is 538 g/mol. The SMILES string of the molecule is CC(=S)NC[C@H]1CN(c2ccc(OC3CCN(C(=S)c4ccc([N+](=O)[O-])s4)CC3)c(F)c2)C(=O)O1. The minimum Gasteiger partial charge on any atom is -0.487 e. The van der Waals surface area contributed by atoms with Crippen LogP contribution in [0, 0.1) is 15.9 Å². The van der Waals surface area contributed by atoms with E-state index in [1.807, 2.05) is 4.90 Å². The molecule has 0 spiro atoms. The van der Waals surface area contributed by atoms with E-state index in [9.17, 15) is 19.3 Å². The van der Waals surface area contributed by atoms with Crippen LogP contribution >= 0.6 is 35.8 Å². The Hall–Kier alpha value is -2.90. The maximum Gasteiger partial charge on any atom is 0.414 e. The molecule has 13 heteroatoms. The number of anilines is 1. The van der Waals surface area contributed by atoms with E-state index in [4.69, 9.17) is 33.9 Å². The summed E-state index contributed by atoms with van der Waals surface area (Å²) in [6.07, 6.45) is 0.141. The summed E-state index contributed by atoms with van der Waals surface area (Å²) in [5.74, 6) is -0.443. The van der Waals surface area contributed by atoms with Gasteiger partial charge in [0.1, 0.15) is 17.2 Å². The third-order valence-corrected chi connectivity index (χ3v) is 7.48. The molecule has 0 radical (unpaired) electrons. The number of rotatable bonds is 7. The van der Waals surface area contributed by atoms with Gasteiger partial charge in [-0.05, 0) is 25.1 Å². The zero-order chi connectivity index (χ0) is 25.1. The molecule has 3 heterocycles. The summed E-state index contributed by atoms with van der Waals surface area (Å²) in [5.41, 5.74) is 0.395. The number of nitrogens with zero attached hydrogens (tertiary/aromatic N) is 3. The second kappa shape index (κ2) is 10.8. The van der Waals surface area contributed by atoms with E-state index in [2.05, 4.69) is 5.32 Å². The lowest BCUT2D eigenvalue weighted by molar-refractivity contribution is -0.380. The Kier molecular flexibility index (Phi) is 7.77. The Morgan fingerprint density at radius 1 is 1.31 bits per heavy atom. The number of piperidine rings is 1. The zero-order valence-corrected chi connectivity index (χ0v) is 21.2. The summed E-state index contributed by atoms with van der Waals surface area (Å²) in [4.78, 5) is 27.9. The first-order valence-corrected chi connectivity index (χ1v) is 12.6. The van der Waals surface area contributed by atoms with Gasteiger partial charge in [0.2, 0.25) is 0 Å². The minimum absolute atomic E-state index is 0.0546. The average Bonchev–Trinajstić information content (AvgIpc) is 3.46. The summed E-state index contributed by atoms with van der Waals surface area (Å²) in [7, 11) is 0. The van der Waals surface area contributed by atoms with Crippen LogP contribution < -0.4 is 15.0 Å². The number of cyclic esters (lactones) is 1. The molecule has 1 aromatic heterocycles. The van der Waals surface area contributed by atoms with Crippen LogP contribution in [-0.2, 0) is 4.74 Å². The quantitative estimate of drug-likeness (QED) is 0.315. The van der Waals surface area contributed by atoms with Crippen molar-refractivity contribution in [1.82, 2.24) is 10.2 Å². The third kappa shape index (κ3) is 6.03. The zero-order valence-electron chi connectivity index (χ0n) is 18.8. The van der Waals surface area contributed by atoms with E-state index < -0.39 is 16.8 Å². The highest BCUT2D eigenvalue weighted by Crippen LogP contribution is 2.30. The van der Waals surface area contributed by atoms with Gasteiger partial charge in [0.15, 0.2) is 11.6 Å². The minimum atomic E-state index is -0.560. The maximum atomic E-state index is 14.8. The van der Waals surface area contributed by atoms with E-state index >= 15 is 0 Å². The number of nitrogens with one attached hydrogen (secondary N) is 1. The number of thiocarbonyl (C=S) groups is 2. The first kappa shape index (κ1) is 25.2. The number of halogens is 1. The molecule has 2 fully saturated rings. The van der Waals surface area contributed by atoms with Crippen LogP contribution in [0.3, 0.4) is 0 Å². The number of carbonyl (C=O) groups excluding carboxylic acids is 1. The van der Waals surface area contributed by atoms with Crippen LogP contribution in [0.2, 0.25) is 0 Å². The molecule has 0 saturated carbocycles. The van der Waals surface area contributed by atoms with E-state index in [0.717, 1.165) is 11.3 Å². The van der Waals surface area contributed by atoms with Crippen molar-refractivity contribution in [2.24, 2.45) is 0 Å². The summed E-state index contributed by atoms with van der Waals surface area (Å²) in [6.45, 7) is 3.64. The molecule has 0 unspecified atom stereocenters. The van der Waals surface area contributed by atoms with E-state index in [1.165, 1.54) is 23.1 Å². The first-order valence-electron chi connectivity index (χ1n) is 10.9. The van der Waals surface area contributed by atoms with E-state index in [-0.39, 0.29) is 23.0 Å². The lowest BCUT2D eigenvalue weighted by Gasteiger charge is -2.33. The molecule has 35 heavy (non-hydrogen) atoms. The van der Waals surface area contributed by atoms with Gasteiger partial charge >= 0.3 is 11.1 Å². The molecule has 0 aliphatic carbocycles. The van der Waals surface area contributed by atoms with Gasteiger partial charge in [0.25, 0.3) is 0 Å². The van der Waals surface area contributed by atoms with Crippen LogP contribution in [0.5, 0.6) is 5.75 Å². The lowest BCUT2D eigenvalue weighted by Crippen LogP contribution is -2.41. The van der Waals surface area contributed by atoms with Crippen molar-refractivity contribution in [3.05, 3.63) is 51.1 Å². The van der Waals surface area contributed by atoms with Gasteiger partial charge < -0.3 is 19.7 Å². The van der Waals surface area contributed by atoms with Gasteiger partial charge in [0, 0.05) is 38.1 Å². The summed E-state index contributed by atoms with van der Waals surface area (Å²) in [5, 5.41) is 13.9. The maximum absolute atomic E-state index is 14.8. The van der Waals surface area contributed by atoms with Gasteiger partial charge in [-0.15, -0.1) is 0 Å². The largest absolute Gasteiger partial charge is 0.487 e. The van der Waals surface area contributed by atoms with Crippen LogP contribution in [0.15, 0.2) is 30.3 Å². The molecule has 1 atom stereocenters. The fourth-order valence-electron chi connectivity index (χ4n) is 3.90. The number of amides is 1. The highest BCUT2D eigenvalue weighted by Gasteiger charge is 2.33. The standard InChI is InChI=1S/C22H23FN4O5S3/c1-13(33)24-11-16-12-26(22(28)32-16)14-2-3-18(17(23)10-14)31-15-6-8-25(9-7-15)21(34)19-4-5-20(35-19)27(29)30/h2-5,10,15-16H,6-9,11-12H2,1H3,(H,24,33)/t16-/m0/s1. The molecular formula is C22H23FN4O5S3. The molecule has 186 valence electrons. The van der Waals surface area contributed by atoms with Crippen molar-refractivity contribution in [2.75, 3.05) is 31.1 Å². The number of ether oxygens (including phenoxy) is 2. The Morgan fingerprint density at radius 3 is 2.69 bits per heavy atom. The second-order valence-corrected chi connectivity index (χ2v) is 10.2. The number of hydrogen-bond acceptors (Lipinski definition) is 8. The Labute approximate surface area is 215 Å². The van der Waals surface area contributed by atoms with Crippen molar-refractivity contribution in [2.45, 2.75) is 32.0 Å². The molecule has 1 aromatic carbocycles. The van der Waals surface area contributed by atoms with E-state index in [0.29, 0.717) is 59.6 Å². The van der Waals surface area contributed by atoms with Gasteiger partial charge in [-0.25, -0.2) is 9.18 Å². The molecule has 9 nitrogen and oxygen atoms in total. The number of nitro groups is 1. The van der Waals surface area contributed by atoms with Crippen molar-refractivity contribution >= 4 is 62.5 Å². The molecule has 2 aromatic rings. The van der Waals surface area contributed by atoms with E-state index in [1.54, 1.807) is 19.1 Å². The smallest absolute Gasteiger partial charge is 0.414 e. The van der Waals surface area contributed by atoms with Gasteiger partial charge in [0.05, 0.1) is 33.6 Å². The molecule has 1 N–H and O–H groups in total. The molecule has 2 saturated heterocycles. The highest BCUT2D eigenvalue weighted by molar-refractivity contribution is 7.81. The van der Waals surface area contributed by atoms with Crippen LogP contribution in [0.25, 0.3) is 0 Å². The van der Waals surface area contributed by atoms with Gasteiger partial charge in [-0.1, -0.05) is 35.8 Å². The molecule has 0 bridgehead atoms. The van der Waals surface area contributed by atoms with Crippen molar-refractivity contribution in [3.8, 4) is 5.75 Å². The van der Waals surface area contributed by atoms with Crippen molar-refractivity contribution < 1.29 is 23.6 Å². The number of benzene rings is 1. The summed E-state index contributed by atoms with van der Waals surface area (Å²) in [6, 6.07) is 7.54. The predicted molar refractivity (Wildman–Crippen MR) is 138 cm³/mol. The molecule has 2 aliphatic rings. The second-order valence-electron chi connectivity index (χ2n) is 8.17. The summed E-state index contributed by atoms with van der Waals surface area (Å²) >= 11 is 11.5. The molecule has 1 amide bonds.